The molecule has 14 heavy (non-hydrogen) atoms. The van der Waals surface area contributed by atoms with Crippen molar-refractivity contribution in [2.24, 2.45) is 0 Å². The van der Waals surface area contributed by atoms with Crippen LogP contribution in [0.3, 0.4) is 0 Å². The molecule has 0 aliphatic carbocycles. The van der Waals surface area contributed by atoms with Crippen molar-refractivity contribution in [1.29, 1.82) is 0 Å². The number of nitrogens with one attached hydrogen (secondary N) is 1. The van der Waals surface area contributed by atoms with Crippen molar-refractivity contribution in [1.82, 2.24) is 14.8 Å². The zero-order valence-electron chi connectivity index (χ0n) is 8.06. The van der Waals surface area contributed by atoms with E-state index in [-0.39, 0.29) is 11.9 Å². The summed E-state index contributed by atoms with van der Waals surface area (Å²) in [6, 6.07) is 0. The van der Waals surface area contributed by atoms with Gasteiger partial charge in [0.25, 0.3) is 0 Å². The fourth-order valence-electron chi connectivity index (χ4n) is 1.02. The fourth-order valence-corrected chi connectivity index (χ4v) is 1.61. The van der Waals surface area contributed by atoms with Crippen molar-refractivity contribution in [2.45, 2.75) is 25.3 Å². The van der Waals surface area contributed by atoms with Crippen LogP contribution in [0, 0.1) is 4.77 Å². The Bertz CT molecular complexity index is 385. The number of aromatic nitrogens is 3. The average molecular weight is 235 g/mol. The van der Waals surface area contributed by atoms with E-state index in [1.54, 1.807) is 10.8 Å². The Morgan fingerprint density at radius 1 is 1.79 bits per heavy atom. The molecule has 7 heteroatoms. The van der Waals surface area contributed by atoms with Gasteiger partial charge in [-0.25, -0.2) is 0 Å². The standard InChI is InChI=1S/C7H13N3O2S2/c1-5(14(2)12)3-10-6(4-11)8-9-7(10)13/h5,11H,3-4H2,1-2H3,(H,9,13). The largest absolute Gasteiger partial charge is 0.388 e. The van der Waals surface area contributed by atoms with E-state index in [0.29, 0.717) is 17.1 Å². The summed E-state index contributed by atoms with van der Waals surface area (Å²) >= 11 is 4.98. The van der Waals surface area contributed by atoms with E-state index in [0.717, 1.165) is 0 Å². The Kier molecular flexibility index (Phi) is 3.97. The first kappa shape index (κ1) is 11.5. The summed E-state index contributed by atoms with van der Waals surface area (Å²) < 4.78 is 13.3. The molecule has 0 aliphatic heterocycles. The maximum absolute atomic E-state index is 11.2. The second-order valence-corrected chi connectivity index (χ2v) is 5.21. The lowest BCUT2D eigenvalue weighted by Crippen LogP contribution is -2.19. The molecule has 0 radical (unpaired) electrons. The molecule has 2 unspecified atom stereocenters. The second kappa shape index (κ2) is 4.81. The zero-order valence-corrected chi connectivity index (χ0v) is 9.69. The van der Waals surface area contributed by atoms with Crippen molar-refractivity contribution in [2.75, 3.05) is 6.26 Å². The van der Waals surface area contributed by atoms with Crippen LogP contribution in [0.2, 0.25) is 0 Å². The summed E-state index contributed by atoms with van der Waals surface area (Å²) in [5.74, 6) is 0.479. The van der Waals surface area contributed by atoms with Gasteiger partial charge in [-0.1, -0.05) is 0 Å². The van der Waals surface area contributed by atoms with E-state index in [4.69, 9.17) is 17.3 Å². The average Bonchev–Trinajstić information content (AvgIpc) is 2.47. The van der Waals surface area contributed by atoms with E-state index in [1.807, 2.05) is 6.92 Å². The van der Waals surface area contributed by atoms with Gasteiger partial charge in [-0.2, -0.15) is 5.10 Å². The molecule has 2 atom stereocenters. The Hall–Kier alpha value is -0.530. The van der Waals surface area contributed by atoms with Gasteiger partial charge in [0.05, 0.1) is 0 Å². The number of aliphatic hydroxyl groups is 1. The van der Waals surface area contributed by atoms with Crippen LogP contribution in [0.4, 0.5) is 0 Å². The highest BCUT2D eigenvalue weighted by Gasteiger charge is 2.11. The van der Waals surface area contributed by atoms with Crippen LogP contribution < -0.4 is 0 Å². The monoisotopic (exact) mass is 235 g/mol. The van der Waals surface area contributed by atoms with Gasteiger partial charge in [0.2, 0.25) is 0 Å². The maximum atomic E-state index is 11.2. The van der Waals surface area contributed by atoms with E-state index in [9.17, 15) is 4.21 Å². The third-order valence-electron chi connectivity index (χ3n) is 1.99. The molecule has 0 aromatic carbocycles. The molecule has 0 saturated heterocycles. The number of hydrogen-bond acceptors (Lipinski definition) is 4. The molecule has 0 spiro atoms. The molecule has 80 valence electrons. The molecule has 5 nitrogen and oxygen atoms in total. The first-order valence-electron chi connectivity index (χ1n) is 4.13. The topological polar surface area (TPSA) is 70.9 Å². The second-order valence-electron chi connectivity index (χ2n) is 3.02. The summed E-state index contributed by atoms with van der Waals surface area (Å²) in [6.07, 6.45) is 1.65. The predicted molar refractivity (Wildman–Crippen MR) is 56.9 cm³/mol. The van der Waals surface area contributed by atoms with Crippen LogP contribution in [0.25, 0.3) is 0 Å². The first-order valence-corrected chi connectivity index (χ1v) is 6.16. The lowest BCUT2D eigenvalue weighted by atomic mass is 10.4. The summed E-state index contributed by atoms with van der Waals surface area (Å²) in [5.41, 5.74) is 0. The molecule has 0 saturated carbocycles. The van der Waals surface area contributed by atoms with Crippen molar-refractivity contribution >= 4 is 23.0 Å². The van der Waals surface area contributed by atoms with Crippen LogP contribution in [0.5, 0.6) is 0 Å². The minimum absolute atomic E-state index is 0.00963. The lowest BCUT2D eigenvalue weighted by Gasteiger charge is -2.10. The molecular weight excluding hydrogens is 222 g/mol. The molecule has 1 aromatic heterocycles. The van der Waals surface area contributed by atoms with Crippen molar-refractivity contribution in [3.05, 3.63) is 10.6 Å². The molecule has 1 heterocycles. The van der Waals surface area contributed by atoms with Crippen LogP contribution in [0.1, 0.15) is 12.7 Å². The smallest absolute Gasteiger partial charge is 0.195 e. The number of nitrogens with zero attached hydrogens (tertiary/aromatic N) is 2. The quantitative estimate of drug-likeness (QED) is 0.731. The Labute approximate surface area is 89.6 Å². The highest BCUT2D eigenvalue weighted by molar-refractivity contribution is 7.84. The van der Waals surface area contributed by atoms with Crippen LogP contribution in [0.15, 0.2) is 0 Å². The molecule has 2 N–H and O–H groups in total. The minimum Gasteiger partial charge on any atom is -0.388 e. The Morgan fingerprint density at radius 2 is 2.43 bits per heavy atom. The third-order valence-corrected chi connectivity index (χ3v) is 3.58. The molecular formula is C7H13N3O2S2. The van der Waals surface area contributed by atoms with Gasteiger partial charge in [-0.15, -0.1) is 0 Å². The van der Waals surface area contributed by atoms with E-state index >= 15 is 0 Å². The van der Waals surface area contributed by atoms with Crippen molar-refractivity contribution in [3.8, 4) is 0 Å². The van der Waals surface area contributed by atoms with Crippen LogP contribution in [-0.2, 0) is 24.0 Å². The van der Waals surface area contributed by atoms with E-state index in [2.05, 4.69) is 10.2 Å². The molecule has 0 aliphatic rings. The van der Waals surface area contributed by atoms with Crippen LogP contribution in [-0.4, -0.2) is 35.6 Å². The fraction of sp³-hybridized carbons (Fsp3) is 0.714. The molecule has 0 fully saturated rings. The predicted octanol–water partition coefficient (Wildman–Crippen LogP) is 0.200. The van der Waals surface area contributed by atoms with E-state index in [1.165, 1.54) is 0 Å². The van der Waals surface area contributed by atoms with Gasteiger partial charge in [0.1, 0.15) is 6.61 Å². The normalized spacial score (nSPS) is 15.4. The van der Waals surface area contributed by atoms with Crippen molar-refractivity contribution in [3.63, 3.8) is 0 Å². The van der Waals surface area contributed by atoms with Crippen LogP contribution >= 0.6 is 12.2 Å². The van der Waals surface area contributed by atoms with Crippen molar-refractivity contribution < 1.29 is 9.32 Å². The number of H-pyrrole nitrogens is 1. The van der Waals surface area contributed by atoms with Gasteiger partial charge < -0.3 is 9.67 Å². The summed E-state index contributed by atoms with van der Waals surface area (Å²) in [7, 11) is -0.904. The van der Waals surface area contributed by atoms with Gasteiger partial charge in [0, 0.05) is 28.9 Å². The molecule has 1 aromatic rings. The SMILES string of the molecule is CC(Cn1c(CO)n[nH]c1=S)S(C)=O. The Morgan fingerprint density at radius 3 is 2.93 bits per heavy atom. The zero-order chi connectivity index (χ0) is 10.7. The summed E-state index contributed by atoms with van der Waals surface area (Å²) in [4.78, 5) is 0. The van der Waals surface area contributed by atoms with Gasteiger partial charge in [0.15, 0.2) is 10.6 Å². The summed E-state index contributed by atoms with van der Waals surface area (Å²) in [6.45, 7) is 2.20. The molecule has 0 bridgehead atoms. The van der Waals surface area contributed by atoms with Gasteiger partial charge >= 0.3 is 0 Å². The summed E-state index contributed by atoms with van der Waals surface area (Å²) in [5, 5.41) is 15.4. The first-order chi connectivity index (χ1) is 6.56. The lowest BCUT2D eigenvalue weighted by molar-refractivity contribution is 0.264. The number of rotatable bonds is 4. The molecule has 0 amide bonds. The highest BCUT2D eigenvalue weighted by Crippen LogP contribution is 2.03. The number of aromatic amines is 1. The van der Waals surface area contributed by atoms with Gasteiger partial charge in [-0.3, -0.25) is 9.31 Å². The minimum atomic E-state index is -0.904. The third kappa shape index (κ3) is 2.49. The Balaban J connectivity index is 2.90. The maximum Gasteiger partial charge on any atom is 0.195 e. The molecule has 1 rings (SSSR count). The van der Waals surface area contributed by atoms with E-state index < -0.39 is 10.8 Å². The van der Waals surface area contributed by atoms with Gasteiger partial charge in [-0.05, 0) is 19.1 Å². The number of aliphatic hydroxyl groups excluding tert-OH is 1. The highest BCUT2D eigenvalue weighted by atomic mass is 32.2. The number of hydrogen-bond donors (Lipinski definition) is 2.